The number of unbranched alkanes of at least 4 members (excludes halogenated alkanes) is 24. The summed E-state index contributed by atoms with van der Waals surface area (Å²) in [4.78, 5) is 85.2. The Morgan fingerprint density at radius 3 is 0.682 bits per heavy atom. The summed E-state index contributed by atoms with van der Waals surface area (Å²) in [5.41, 5.74) is 6.76. The molecule has 7 aromatic rings. The van der Waals surface area contributed by atoms with Crippen LogP contribution in [-0.2, 0) is 102 Å². The number of hydrogen-bond acceptors (Lipinski definition) is 23. The van der Waals surface area contributed by atoms with Crippen molar-refractivity contribution in [3.05, 3.63) is 297 Å². The van der Waals surface area contributed by atoms with Gasteiger partial charge in [-0.05, 0) is 179 Å². The number of para-hydroxylation sites is 3. The predicted molar refractivity (Wildman–Crippen MR) is 599 cm³/mol. The molecule has 0 aromatic heterocycles. The lowest BCUT2D eigenvalue weighted by Gasteiger charge is -2.08. The van der Waals surface area contributed by atoms with Crippen molar-refractivity contribution in [2.24, 2.45) is 0 Å². The third-order valence-corrected chi connectivity index (χ3v) is 21.4. The Labute approximate surface area is 889 Å². The molecule has 0 atom stereocenters. The standard InChI is InChI=1S/C24H38O4.2C22H34O3.C21H32O3.C12H14O3.C11H12O4.C11H12O3.C2H6/c1-4-5-6-7-8-9-10-12-22-13-15-23(16-14-22)27-18-11-17-26-19-20-28-24(25)21(2)3;2*1-4-5-6-7-8-9-10-12-20-13-15-21(16-14-20)24-17-11-18-25-22(23)19(2)3;1-3-5-6-7-8-9-10-12-19-13-15-20(16-14-19)23-17-11-18-24-21(22)4-2;1-2-12(13)15-10-6-9-14-11-7-4-3-5-8-11;1-2-11(12)15-14-9-8-13-10-6-4-3-5-7-10;1-2-11(12)14-9-8-13-10-6-4-3-5-7-10;1-2/h13-16H,2,4-12,17-20H2,1,3H3;2*13-16H,2,4-12,17-18H2,1,3H3;4,13-16H,2-3,5-12,17-18H2,1H3;2-5,7-8H,1,6,9-10H2;2-7H,1,8-9H2;2-7H,1,8-9H2;1-2H3. The van der Waals surface area contributed by atoms with Crippen LogP contribution in [0.15, 0.2) is 275 Å². The van der Waals surface area contributed by atoms with Crippen molar-refractivity contribution in [2.45, 2.75) is 300 Å². The Kier molecular flexibility index (Phi) is 92.0. The van der Waals surface area contributed by atoms with Gasteiger partial charge < -0.3 is 66.3 Å². The largest absolute Gasteiger partial charge is 0.494 e. The maximum Gasteiger partial charge on any atom is 0.365 e. The molecule has 0 bridgehead atoms. The van der Waals surface area contributed by atoms with Gasteiger partial charge in [0.15, 0.2) is 0 Å². The zero-order valence-corrected chi connectivity index (χ0v) is 91.5. The average Bonchev–Trinajstić information content (AvgIpc) is 0.919. The van der Waals surface area contributed by atoms with Gasteiger partial charge >= 0.3 is 41.8 Å². The minimum absolute atomic E-state index is 0.175. The highest BCUT2D eigenvalue weighted by Crippen LogP contribution is 2.23. The summed E-state index contributed by atoms with van der Waals surface area (Å²) in [5, 5.41) is 0. The van der Waals surface area contributed by atoms with E-state index in [-0.39, 0.29) is 43.7 Å². The number of hydrogen-bond donors (Lipinski definition) is 0. The number of esters is 6. The summed E-state index contributed by atoms with van der Waals surface area (Å²) >= 11 is 0. The van der Waals surface area contributed by atoms with E-state index in [1.165, 1.54) is 208 Å². The third kappa shape index (κ3) is 85.6. The molecule has 23 nitrogen and oxygen atoms in total. The molecule has 0 saturated carbocycles. The minimum atomic E-state index is -0.616. The molecule has 0 spiro atoms. The van der Waals surface area contributed by atoms with Crippen molar-refractivity contribution in [1.82, 2.24) is 0 Å². The summed E-state index contributed by atoms with van der Waals surface area (Å²) in [5.74, 6) is 2.98. The Bertz CT molecular complexity index is 4300. The van der Waals surface area contributed by atoms with Crippen LogP contribution in [0.5, 0.6) is 40.2 Å². The van der Waals surface area contributed by atoms with Crippen molar-refractivity contribution in [2.75, 3.05) is 106 Å². The number of benzene rings is 7. The fourth-order valence-electron chi connectivity index (χ4n) is 13.2. The Morgan fingerprint density at radius 2 is 0.426 bits per heavy atom. The van der Waals surface area contributed by atoms with Crippen LogP contribution in [-0.4, -0.2) is 147 Å². The van der Waals surface area contributed by atoms with Gasteiger partial charge in [-0.25, -0.2) is 33.6 Å². The van der Waals surface area contributed by atoms with Crippen LogP contribution in [0, 0.1) is 0 Å². The summed E-state index contributed by atoms with van der Waals surface area (Å²) in [6, 6.07) is 61.6. The second-order valence-electron chi connectivity index (χ2n) is 34.6. The molecule has 23 heteroatoms. The van der Waals surface area contributed by atoms with E-state index >= 15 is 0 Å². The molecule has 0 unspecified atom stereocenters. The minimum Gasteiger partial charge on any atom is -0.494 e. The molecule has 0 aliphatic carbocycles. The first-order chi connectivity index (χ1) is 72.1. The van der Waals surface area contributed by atoms with Crippen LogP contribution in [0.4, 0.5) is 0 Å². The SMILES string of the molecule is C=C(C)C(=O)OCCCOc1ccc(CCCCCCCCC)cc1.C=C(C)C(=O)OCCCOc1ccc(CCCCCCCCC)cc1.C=C(C)C(=O)OCCOCCCOc1ccc(CCCCCCCCC)cc1.C=CC(=O)OCCCOc1ccc(CCCCCCCCC)cc1.C=CC(=O)OCCCOc1ccccc1.C=CC(=O)OCCOc1ccccc1.C=CC(=O)OOCCOc1ccccc1.CC. The molecule has 0 radical (unpaired) electrons. The number of rotatable bonds is 76. The number of ether oxygens (including phenoxy) is 14. The summed E-state index contributed by atoms with van der Waals surface area (Å²) in [6.07, 6.45) is 50.2. The topological polar surface area (TPSA) is 267 Å². The van der Waals surface area contributed by atoms with Gasteiger partial charge in [0.25, 0.3) is 0 Å². The van der Waals surface area contributed by atoms with Crippen LogP contribution in [0.2, 0.25) is 0 Å². The molecule has 0 heterocycles. The number of carbonyl (C=O) groups excluding carboxylic acids is 7. The molecular formula is C125H182O23. The van der Waals surface area contributed by atoms with Crippen LogP contribution >= 0.6 is 0 Å². The van der Waals surface area contributed by atoms with E-state index in [4.69, 9.17) is 66.3 Å². The highest BCUT2D eigenvalue weighted by Gasteiger charge is 2.10. The van der Waals surface area contributed by atoms with E-state index in [0.29, 0.717) is 128 Å². The van der Waals surface area contributed by atoms with Gasteiger partial charge in [0.2, 0.25) is 0 Å². The van der Waals surface area contributed by atoms with E-state index in [1.807, 2.05) is 141 Å². The first-order valence-electron chi connectivity index (χ1n) is 53.9. The second kappa shape index (κ2) is 100. The van der Waals surface area contributed by atoms with E-state index in [1.54, 1.807) is 20.8 Å². The maximum absolute atomic E-state index is 11.2. The van der Waals surface area contributed by atoms with Gasteiger partial charge in [0.05, 0.1) is 66.1 Å². The van der Waals surface area contributed by atoms with Crippen LogP contribution in [0.3, 0.4) is 0 Å². The van der Waals surface area contributed by atoms with Crippen LogP contribution in [0.1, 0.15) is 296 Å². The van der Waals surface area contributed by atoms with Crippen LogP contribution in [0.25, 0.3) is 0 Å². The molecule has 0 aliphatic heterocycles. The number of aryl methyl sites for hydroxylation is 4. The molecule has 0 saturated heterocycles. The quantitative estimate of drug-likeness (QED) is 0.00856. The van der Waals surface area contributed by atoms with Crippen molar-refractivity contribution in [1.29, 1.82) is 0 Å². The third-order valence-electron chi connectivity index (χ3n) is 21.4. The summed E-state index contributed by atoms with van der Waals surface area (Å²) < 4.78 is 73.5. The molecule has 148 heavy (non-hydrogen) atoms. The highest BCUT2D eigenvalue weighted by atomic mass is 17.2. The van der Waals surface area contributed by atoms with Crippen LogP contribution < -0.4 is 33.2 Å². The lowest BCUT2D eigenvalue weighted by Crippen LogP contribution is -2.12. The lowest BCUT2D eigenvalue weighted by molar-refractivity contribution is -0.269. The normalized spacial score (nSPS) is 10.0. The predicted octanol–water partition coefficient (Wildman–Crippen LogP) is 29.8. The second-order valence-corrected chi connectivity index (χ2v) is 34.6. The first-order valence-corrected chi connectivity index (χ1v) is 53.9. The summed E-state index contributed by atoms with van der Waals surface area (Å²) in [6.45, 7) is 48.3. The van der Waals surface area contributed by atoms with Crippen molar-refractivity contribution < 1.29 is 110 Å². The maximum atomic E-state index is 11.2. The van der Waals surface area contributed by atoms with Gasteiger partial charge in [-0.2, -0.15) is 4.89 Å². The Morgan fingerprint density at radius 1 is 0.216 bits per heavy atom. The molecule has 0 aliphatic rings. The van der Waals surface area contributed by atoms with E-state index in [2.05, 4.69) is 144 Å². The van der Waals surface area contributed by atoms with Gasteiger partial charge in [-0.1, -0.05) is 345 Å². The molecule has 0 fully saturated rings. The van der Waals surface area contributed by atoms with Gasteiger partial charge in [-0.15, -0.1) is 0 Å². The molecule has 820 valence electrons. The van der Waals surface area contributed by atoms with E-state index in [0.717, 1.165) is 90.6 Å². The van der Waals surface area contributed by atoms with E-state index < -0.39 is 17.9 Å². The lowest BCUT2D eigenvalue weighted by atomic mass is 10.0. The van der Waals surface area contributed by atoms with Gasteiger partial charge in [0.1, 0.15) is 73.3 Å². The first kappa shape index (κ1) is 136. The van der Waals surface area contributed by atoms with E-state index in [9.17, 15) is 33.6 Å². The van der Waals surface area contributed by atoms with Gasteiger partial charge in [0, 0.05) is 79.7 Å². The molecular weight excluding hydrogens is 1870 g/mol. The molecule has 7 rings (SSSR count). The van der Waals surface area contributed by atoms with Crippen molar-refractivity contribution in [3.8, 4) is 40.2 Å². The van der Waals surface area contributed by atoms with Gasteiger partial charge in [-0.3, -0.25) is 4.89 Å². The summed E-state index contributed by atoms with van der Waals surface area (Å²) in [7, 11) is 0. The average molecular weight is 2050 g/mol. The molecule has 7 aromatic carbocycles. The zero-order chi connectivity index (χ0) is 109. The molecule has 0 N–H and O–H groups in total. The number of carbonyl (C=O) groups is 7. The highest BCUT2D eigenvalue weighted by molar-refractivity contribution is 5.88. The smallest absolute Gasteiger partial charge is 0.365 e. The fraction of sp³-hybridized carbons (Fsp3) is 0.496. The Balaban J connectivity index is 0.00000172. The zero-order valence-electron chi connectivity index (χ0n) is 91.5. The Hall–Kier alpha value is -12.5. The monoisotopic (exact) mass is 2050 g/mol. The van der Waals surface area contributed by atoms with Crippen molar-refractivity contribution >= 4 is 41.8 Å². The molecule has 0 amide bonds. The fourth-order valence-corrected chi connectivity index (χ4v) is 13.2. The van der Waals surface area contributed by atoms with Crippen molar-refractivity contribution in [3.63, 3.8) is 0 Å².